The molecule has 1 N–H and O–H groups in total. The number of amides is 2. The van der Waals surface area contributed by atoms with E-state index in [1.54, 1.807) is 0 Å². The molecule has 0 saturated heterocycles. The zero-order valence-corrected chi connectivity index (χ0v) is 18.1. The third-order valence-corrected chi connectivity index (χ3v) is 5.39. The highest BCUT2D eigenvalue weighted by atomic mass is 16.3. The highest BCUT2D eigenvalue weighted by molar-refractivity contribution is 5.92. The number of oxazole rings is 1. The fraction of sp³-hybridized carbons (Fsp3) is 0.522. The zero-order chi connectivity index (χ0) is 21.4. The van der Waals surface area contributed by atoms with Crippen molar-refractivity contribution >= 4 is 11.8 Å². The van der Waals surface area contributed by atoms with Crippen LogP contribution in [0.4, 0.5) is 0 Å². The summed E-state index contributed by atoms with van der Waals surface area (Å²) in [6.07, 6.45) is 3.73. The van der Waals surface area contributed by atoms with Crippen molar-refractivity contribution in [2.75, 3.05) is 0 Å². The molecule has 158 valence electrons. The quantitative estimate of drug-likeness (QED) is 0.637. The molecule has 2 aromatic rings. The van der Waals surface area contributed by atoms with E-state index in [9.17, 15) is 9.59 Å². The molecule has 0 aliphatic rings. The van der Waals surface area contributed by atoms with Crippen LogP contribution < -0.4 is 5.32 Å². The van der Waals surface area contributed by atoms with Crippen molar-refractivity contribution in [1.29, 1.82) is 0 Å². The van der Waals surface area contributed by atoms with Gasteiger partial charge in [-0.25, -0.2) is 4.98 Å². The number of nitrogens with one attached hydrogen (secondary N) is 1. The molecular weight excluding hydrogens is 366 g/mol. The fourth-order valence-electron chi connectivity index (χ4n) is 3.14. The Kier molecular flexibility index (Phi) is 8.43. The summed E-state index contributed by atoms with van der Waals surface area (Å²) in [4.78, 5) is 31.8. The Balaban J connectivity index is 2.19. The molecule has 3 atom stereocenters. The van der Waals surface area contributed by atoms with Crippen LogP contribution in [0, 0.1) is 0 Å². The standard InChI is InChI=1S/C23H33N3O3/c1-6-16(4)24-22(27)20-15-29-21(25-20)14-26(17(5)7-2)23(28)19(8-3)18-12-10-9-11-13-18/h9-13,15-17,19H,6-8,14H2,1-5H3,(H,24,27)/t16-,17-,19+/m1/s1. The van der Waals surface area contributed by atoms with E-state index in [0.29, 0.717) is 12.3 Å². The van der Waals surface area contributed by atoms with Gasteiger partial charge < -0.3 is 14.6 Å². The van der Waals surface area contributed by atoms with Crippen LogP contribution in [-0.2, 0) is 11.3 Å². The number of aromatic nitrogens is 1. The number of hydrogen-bond acceptors (Lipinski definition) is 4. The molecule has 6 nitrogen and oxygen atoms in total. The molecule has 0 saturated carbocycles. The minimum atomic E-state index is -0.258. The van der Waals surface area contributed by atoms with Crippen LogP contribution in [0.1, 0.15) is 81.7 Å². The van der Waals surface area contributed by atoms with Gasteiger partial charge in [0.05, 0.1) is 12.5 Å². The Morgan fingerprint density at radius 1 is 1.07 bits per heavy atom. The Bertz CT molecular complexity index is 788. The predicted molar refractivity (Wildman–Crippen MR) is 113 cm³/mol. The minimum Gasteiger partial charge on any atom is -0.446 e. The Labute approximate surface area is 173 Å². The van der Waals surface area contributed by atoms with Crippen LogP contribution in [0.25, 0.3) is 0 Å². The van der Waals surface area contributed by atoms with Crippen molar-refractivity contribution in [2.24, 2.45) is 0 Å². The lowest BCUT2D eigenvalue weighted by molar-refractivity contribution is -0.136. The molecule has 0 bridgehead atoms. The third kappa shape index (κ3) is 5.92. The van der Waals surface area contributed by atoms with E-state index in [1.807, 2.05) is 62.9 Å². The van der Waals surface area contributed by atoms with E-state index in [4.69, 9.17) is 4.42 Å². The number of carbonyl (C=O) groups excluding carboxylic acids is 2. The first-order chi connectivity index (χ1) is 13.9. The molecular formula is C23H33N3O3. The van der Waals surface area contributed by atoms with Gasteiger partial charge in [-0.2, -0.15) is 0 Å². The van der Waals surface area contributed by atoms with Gasteiger partial charge in [-0.3, -0.25) is 9.59 Å². The lowest BCUT2D eigenvalue weighted by Crippen LogP contribution is -2.40. The maximum absolute atomic E-state index is 13.4. The molecule has 1 aromatic carbocycles. The van der Waals surface area contributed by atoms with Gasteiger partial charge in [-0.1, -0.05) is 51.1 Å². The van der Waals surface area contributed by atoms with E-state index in [1.165, 1.54) is 6.26 Å². The molecule has 0 radical (unpaired) electrons. The summed E-state index contributed by atoms with van der Waals surface area (Å²) >= 11 is 0. The van der Waals surface area contributed by atoms with Crippen molar-refractivity contribution in [1.82, 2.24) is 15.2 Å². The van der Waals surface area contributed by atoms with E-state index in [2.05, 4.69) is 17.2 Å². The van der Waals surface area contributed by atoms with Crippen LogP contribution in [0.2, 0.25) is 0 Å². The van der Waals surface area contributed by atoms with E-state index >= 15 is 0 Å². The molecule has 2 rings (SSSR count). The van der Waals surface area contributed by atoms with Gasteiger partial charge in [0.2, 0.25) is 11.8 Å². The SMILES string of the molecule is CC[C@@H](C)NC(=O)c1coc(CN(C(=O)[C@@H](CC)c2ccccc2)[C@H](C)CC)n1. The molecule has 6 heteroatoms. The molecule has 2 amide bonds. The van der Waals surface area contributed by atoms with Crippen molar-refractivity contribution in [3.8, 4) is 0 Å². The number of rotatable bonds is 10. The van der Waals surface area contributed by atoms with Crippen molar-refractivity contribution in [2.45, 2.75) is 78.4 Å². The summed E-state index contributed by atoms with van der Waals surface area (Å²) in [5.74, 6) is -0.0486. The van der Waals surface area contributed by atoms with Crippen molar-refractivity contribution in [3.63, 3.8) is 0 Å². The second-order valence-corrected chi connectivity index (χ2v) is 7.50. The number of benzene rings is 1. The van der Waals surface area contributed by atoms with Gasteiger partial charge in [0.25, 0.3) is 5.91 Å². The number of nitrogens with zero attached hydrogens (tertiary/aromatic N) is 2. The molecule has 0 unspecified atom stereocenters. The Morgan fingerprint density at radius 3 is 2.34 bits per heavy atom. The van der Waals surface area contributed by atoms with Crippen molar-refractivity contribution < 1.29 is 14.0 Å². The first-order valence-corrected chi connectivity index (χ1v) is 10.5. The van der Waals surface area contributed by atoms with Gasteiger partial charge in [-0.15, -0.1) is 0 Å². The Morgan fingerprint density at radius 2 is 1.76 bits per heavy atom. The third-order valence-electron chi connectivity index (χ3n) is 5.39. The molecule has 29 heavy (non-hydrogen) atoms. The largest absolute Gasteiger partial charge is 0.446 e. The van der Waals surface area contributed by atoms with Gasteiger partial charge in [0, 0.05) is 12.1 Å². The second-order valence-electron chi connectivity index (χ2n) is 7.50. The number of hydrogen-bond donors (Lipinski definition) is 1. The second kappa shape index (κ2) is 10.8. The van der Waals surface area contributed by atoms with Gasteiger partial charge in [0.15, 0.2) is 5.69 Å². The molecule has 0 fully saturated rings. The van der Waals surface area contributed by atoms with E-state index in [-0.39, 0.29) is 42.1 Å². The van der Waals surface area contributed by atoms with Crippen LogP contribution in [0.5, 0.6) is 0 Å². The summed E-state index contributed by atoms with van der Waals surface area (Å²) < 4.78 is 5.53. The molecule has 0 aliphatic heterocycles. The van der Waals surface area contributed by atoms with Crippen LogP contribution >= 0.6 is 0 Å². The first-order valence-electron chi connectivity index (χ1n) is 10.5. The van der Waals surface area contributed by atoms with Crippen molar-refractivity contribution in [3.05, 3.63) is 53.7 Å². The maximum atomic E-state index is 13.4. The Hall–Kier alpha value is -2.63. The van der Waals surface area contributed by atoms with E-state index < -0.39 is 0 Å². The number of carbonyl (C=O) groups is 2. The molecule has 1 aromatic heterocycles. The molecule has 0 spiro atoms. The maximum Gasteiger partial charge on any atom is 0.273 e. The minimum absolute atomic E-state index is 0.0320. The average Bonchev–Trinajstić information content (AvgIpc) is 3.21. The van der Waals surface area contributed by atoms with E-state index in [0.717, 1.165) is 18.4 Å². The zero-order valence-electron chi connectivity index (χ0n) is 18.1. The van der Waals surface area contributed by atoms with Gasteiger partial charge >= 0.3 is 0 Å². The van der Waals surface area contributed by atoms with Crippen LogP contribution in [-0.4, -0.2) is 33.8 Å². The highest BCUT2D eigenvalue weighted by Crippen LogP contribution is 2.25. The predicted octanol–water partition coefficient (Wildman–Crippen LogP) is 4.52. The topological polar surface area (TPSA) is 75.4 Å². The monoisotopic (exact) mass is 399 g/mol. The van der Waals surface area contributed by atoms with Crippen LogP contribution in [0.15, 0.2) is 41.0 Å². The van der Waals surface area contributed by atoms with Gasteiger partial charge in [-0.05, 0) is 38.7 Å². The lowest BCUT2D eigenvalue weighted by Gasteiger charge is -2.31. The summed E-state index contributed by atoms with van der Waals surface area (Å²) in [6, 6.07) is 9.93. The van der Waals surface area contributed by atoms with Crippen LogP contribution in [0.3, 0.4) is 0 Å². The summed E-state index contributed by atoms with van der Waals surface area (Å²) in [5.41, 5.74) is 1.25. The van der Waals surface area contributed by atoms with Gasteiger partial charge in [0.1, 0.15) is 6.26 Å². The molecule has 1 heterocycles. The summed E-state index contributed by atoms with van der Waals surface area (Å²) in [5, 5.41) is 2.88. The fourth-order valence-corrected chi connectivity index (χ4v) is 3.14. The summed E-state index contributed by atoms with van der Waals surface area (Å²) in [7, 11) is 0. The first kappa shape index (κ1) is 22.7. The smallest absolute Gasteiger partial charge is 0.273 e. The lowest BCUT2D eigenvalue weighted by atomic mass is 9.94. The highest BCUT2D eigenvalue weighted by Gasteiger charge is 2.28. The normalized spacial score (nSPS) is 14.1. The summed E-state index contributed by atoms with van der Waals surface area (Å²) in [6.45, 7) is 10.3. The average molecular weight is 400 g/mol. The molecule has 0 aliphatic carbocycles.